The Hall–Kier alpha value is -1.56. The lowest BCUT2D eigenvalue weighted by Gasteiger charge is -2.31. The van der Waals surface area contributed by atoms with Gasteiger partial charge >= 0.3 is 6.03 Å². The summed E-state index contributed by atoms with van der Waals surface area (Å²) in [5, 5.41) is 19.0. The molecule has 0 saturated carbocycles. The summed E-state index contributed by atoms with van der Waals surface area (Å²) in [5.41, 5.74) is 0.856. The number of nitrogens with zero attached hydrogens (tertiary/aromatic N) is 2. The molecule has 0 aliphatic rings. The average molecular weight is 282 g/mol. The third-order valence-electron chi connectivity index (χ3n) is 3.34. The van der Waals surface area contributed by atoms with E-state index in [1.54, 1.807) is 10.9 Å². The number of amides is 2. The van der Waals surface area contributed by atoms with Crippen LogP contribution in [-0.4, -0.2) is 33.6 Å². The van der Waals surface area contributed by atoms with Crippen molar-refractivity contribution < 1.29 is 9.90 Å². The van der Waals surface area contributed by atoms with Gasteiger partial charge in [0.1, 0.15) is 0 Å². The summed E-state index contributed by atoms with van der Waals surface area (Å²) in [6.45, 7) is 8.09. The van der Waals surface area contributed by atoms with Gasteiger partial charge in [-0.3, -0.25) is 4.68 Å². The molecule has 1 rings (SSSR count). The number of carbonyl (C=O) groups excluding carboxylic acids is 1. The van der Waals surface area contributed by atoms with Crippen LogP contribution in [-0.2, 0) is 7.05 Å². The Morgan fingerprint density at radius 3 is 2.55 bits per heavy atom. The van der Waals surface area contributed by atoms with E-state index in [9.17, 15) is 4.79 Å². The molecule has 1 heterocycles. The normalized spacial score (nSPS) is 14.7. The molecule has 114 valence electrons. The molecule has 2 atom stereocenters. The van der Waals surface area contributed by atoms with Crippen molar-refractivity contribution in [1.82, 2.24) is 20.4 Å². The lowest BCUT2D eigenvalue weighted by molar-refractivity contribution is 0.188. The monoisotopic (exact) mass is 282 g/mol. The second-order valence-electron chi connectivity index (χ2n) is 6.22. The van der Waals surface area contributed by atoms with Crippen LogP contribution in [0.3, 0.4) is 0 Å². The second-order valence-corrected chi connectivity index (χ2v) is 6.22. The summed E-state index contributed by atoms with van der Waals surface area (Å²) < 4.78 is 1.70. The molecule has 6 heteroatoms. The standard InChI is InChI=1S/C14H26N4O2/c1-10(11-8-15-18(5)9-11)16-13(20)17-12(6-7-19)14(2,3)4/h8-10,12,19H,6-7H2,1-5H3,(H2,16,17,20)/t10-,12+/m1/s1. The number of urea groups is 1. The van der Waals surface area contributed by atoms with Crippen LogP contribution >= 0.6 is 0 Å². The highest BCUT2D eigenvalue weighted by Crippen LogP contribution is 2.21. The summed E-state index contributed by atoms with van der Waals surface area (Å²) in [6, 6.07) is -0.415. The van der Waals surface area contributed by atoms with Gasteiger partial charge in [-0.25, -0.2) is 4.79 Å². The molecule has 3 N–H and O–H groups in total. The number of aryl methyl sites for hydroxylation is 1. The molecule has 0 aromatic carbocycles. The molecule has 0 bridgehead atoms. The highest BCUT2D eigenvalue weighted by molar-refractivity contribution is 5.74. The first kappa shape index (κ1) is 16.5. The van der Waals surface area contributed by atoms with Crippen molar-refractivity contribution in [3.8, 4) is 0 Å². The molecular formula is C14H26N4O2. The van der Waals surface area contributed by atoms with Gasteiger partial charge in [0.05, 0.1) is 12.2 Å². The predicted molar refractivity (Wildman–Crippen MR) is 78.2 cm³/mol. The molecule has 20 heavy (non-hydrogen) atoms. The highest BCUT2D eigenvalue weighted by Gasteiger charge is 2.26. The topological polar surface area (TPSA) is 79.2 Å². The molecular weight excluding hydrogens is 256 g/mol. The highest BCUT2D eigenvalue weighted by atomic mass is 16.3. The van der Waals surface area contributed by atoms with Gasteiger partial charge in [-0.2, -0.15) is 5.10 Å². The van der Waals surface area contributed by atoms with Gasteiger partial charge in [0, 0.05) is 31.5 Å². The molecule has 1 aromatic rings. The lowest BCUT2D eigenvalue weighted by atomic mass is 9.85. The molecule has 0 fully saturated rings. The van der Waals surface area contributed by atoms with E-state index in [4.69, 9.17) is 5.11 Å². The van der Waals surface area contributed by atoms with E-state index in [-0.39, 0.29) is 30.1 Å². The van der Waals surface area contributed by atoms with Crippen LogP contribution in [0.5, 0.6) is 0 Å². The minimum absolute atomic E-state index is 0.0559. The van der Waals surface area contributed by atoms with Gasteiger partial charge in [-0.1, -0.05) is 20.8 Å². The Morgan fingerprint density at radius 1 is 1.45 bits per heavy atom. The van der Waals surface area contributed by atoms with Gasteiger partial charge < -0.3 is 15.7 Å². The summed E-state index contributed by atoms with van der Waals surface area (Å²) in [5.74, 6) is 0. The minimum atomic E-state index is -0.227. The summed E-state index contributed by atoms with van der Waals surface area (Å²) >= 11 is 0. The first-order valence-corrected chi connectivity index (χ1v) is 6.90. The summed E-state index contributed by atoms with van der Waals surface area (Å²) in [4.78, 5) is 12.0. The first-order valence-electron chi connectivity index (χ1n) is 6.90. The maximum absolute atomic E-state index is 12.0. The number of aliphatic hydroxyl groups is 1. The van der Waals surface area contributed by atoms with Crippen LogP contribution in [0, 0.1) is 5.41 Å². The zero-order valence-corrected chi connectivity index (χ0v) is 13.0. The number of hydrogen-bond donors (Lipinski definition) is 3. The van der Waals surface area contributed by atoms with E-state index >= 15 is 0 Å². The number of carbonyl (C=O) groups is 1. The van der Waals surface area contributed by atoms with Crippen molar-refractivity contribution >= 4 is 6.03 Å². The summed E-state index contributed by atoms with van der Waals surface area (Å²) in [6.07, 6.45) is 4.15. The van der Waals surface area contributed by atoms with Crippen molar-refractivity contribution in [2.75, 3.05) is 6.61 Å². The molecule has 0 aliphatic carbocycles. The predicted octanol–water partition coefficient (Wildman–Crippen LogP) is 1.58. The lowest BCUT2D eigenvalue weighted by Crippen LogP contribution is -2.48. The van der Waals surface area contributed by atoms with Crippen LogP contribution in [0.15, 0.2) is 12.4 Å². The smallest absolute Gasteiger partial charge is 0.315 e. The molecule has 0 unspecified atom stereocenters. The quantitative estimate of drug-likeness (QED) is 0.767. The van der Waals surface area contributed by atoms with Crippen LogP contribution in [0.1, 0.15) is 45.7 Å². The van der Waals surface area contributed by atoms with E-state index in [1.165, 1.54) is 0 Å². The van der Waals surface area contributed by atoms with Crippen LogP contribution < -0.4 is 10.6 Å². The van der Waals surface area contributed by atoms with E-state index in [2.05, 4.69) is 15.7 Å². The van der Waals surface area contributed by atoms with Crippen LogP contribution in [0.25, 0.3) is 0 Å². The first-order chi connectivity index (χ1) is 9.24. The molecule has 0 radical (unpaired) electrons. The molecule has 0 spiro atoms. The van der Waals surface area contributed by atoms with E-state index in [0.717, 1.165) is 5.56 Å². The number of rotatable bonds is 5. The number of aromatic nitrogens is 2. The van der Waals surface area contributed by atoms with E-state index < -0.39 is 0 Å². The molecule has 2 amide bonds. The SMILES string of the molecule is C[C@@H](NC(=O)N[C@@H](CCO)C(C)(C)C)c1cnn(C)c1. The summed E-state index contributed by atoms with van der Waals surface area (Å²) in [7, 11) is 1.84. The van der Waals surface area contributed by atoms with Crippen molar-refractivity contribution in [2.45, 2.75) is 46.2 Å². The zero-order valence-electron chi connectivity index (χ0n) is 13.0. The number of nitrogens with one attached hydrogen (secondary N) is 2. The fourth-order valence-electron chi connectivity index (χ4n) is 1.99. The van der Waals surface area contributed by atoms with Gasteiger partial charge in [-0.05, 0) is 18.8 Å². The van der Waals surface area contributed by atoms with Gasteiger partial charge in [0.2, 0.25) is 0 Å². The Kier molecular flexibility index (Phi) is 5.56. The fourth-order valence-corrected chi connectivity index (χ4v) is 1.99. The van der Waals surface area contributed by atoms with Gasteiger partial charge in [0.15, 0.2) is 0 Å². The molecule has 1 aromatic heterocycles. The van der Waals surface area contributed by atoms with Crippen molar-refractivity contribution in [1.29, 1.82) is 0 Å². The zero-order chi connectivity index (χ0) is 15.3. The Bertz CT molecular complexity index is 437. The molecule has 0 aliphatic heterocycles. The molecule has 0 saturated heterocycles. The molecule has 6 nitrogen and oxygen atoms in total. The minimum Gasteiger partial charge on any atom is -0.396 e. The third-order valence-corrected chi connectivity index (χ3v) is 3.34. The van der Waals surface area contributed by atoms with Crippen LogP contribution in [0.2, 0.25) is 0 Å². The fraction of sp³-hybridized carbons (Fsp3) is 0.714. The van der Waals surface area contributed by atoms with Crippen LogP contribution in [0.4, 0.5) is 4.79 Å². The van der Waals surface area contributed by atoms with Crippen molar-refractivity contribution in [2.24, 2.45) is 12.5 Å². The number of aliphatic hydroxyl groups excluding tert-OH is 1. The maximum Gasteiger partial charge on any atom is 0.315 e. The van der Waals surface area contributed by atoms with E-state index in [1.807, 2.05) is 40.9 Å². The Labute approximate surface area is 120 Å². The average Bonchev–Trinajstić information content (AvgIpc) is 2.74. The van der Waals surface area contributed by atoms with E-state index in [0.29, 0.717) is 6.42 Å². The van der Waals surface area contributed by atoms with Gasteiger partial charge in [0.25, 0.3) is 0 Å². The Balaban J connectivity index is 2.57. The van der Waals surface area contributed by atoms with Crippen molar-refractivity contribution in [3.63, 3.8) is 0 Å². The second kappa shape index (κ2) is 6.74. The van der Waals surface area contributed by atoms with Gasteiger partial charge in [-0.15, -0.1) is 0 Å². The largest absolute Gasteiger partial charge is 0.396 e. The Morgan fingerprint density at radius 2 is 2.10 bits per heavy atom. The van der Waals surface area contributed by atoms with Crippen molar-refractivity contribution in [3.05, 3.63) is 18.0 Å². The number of hydrogen-bond acceptors (Lipinski definition) is 3. The third kappa shape index (κ3) is 4.85. The maximum atomic E-state index is 12.0.